The van der Waals surface area contributed by atoms with Crippen LogP contribution in [0.15, 0.2) is 60.8 Å². The predicted molar refractivity (Wildman–Crippen MR) is 112 cm³/mol. The van der Waals surface area contributed by atoms with Crippen LogP contribution in [0, 0.1) is 0 Å². The van der Waals surface area contributed by atoms with Crippen molar-refractivity contribution in [3.8, 4) is 0 Å². The van der Waals surface area contributed by atoms with Gasteiger partial charge in [-0.05, 0) is 24.3 Å². The fourth-order valence-electron chi connectivity index (χ4n) is 3.58. The number of fused-ring (bicyclic) bond motifs is 1. The van der Waals surface area contributed by atoms with Gasteiger partial charge in [-0.2, -0.15) is 0 Å². The van der Waals surface area contributed by atoms with Crippen LogP contribution in [-0.2, 0) is 4.74 Å². The molecule has 4 rings (SSSR count). The van der Waals surface area contributed by atoms with Crippen molar-refractivity contribution in [3.63, 3.8) is 0 Å². The molecule has 7 heteroatoms. The van der Waals surface area contributed by atoms with E-state index >= 15 is 0 Å². The maximum atomic E-state index is 12.8. The molecule has 1 aromatic heterocycles. The Morgan fingerprint density at radius 1 is 0.966 bits per heavy atom. The lowest BCUT2D eigenvalue weighted by molar-refractivity contribution is 0.0601. The minimum absolute atomic E-state index is 0.149. The normalized spacial score (nSPS) is 14.0. The van der Waals surface area contributed by atoms with Crippen LogP contribution in [0.1, 0.15) is 10.4 Å². The van der Waals surface area contributed by atoms with Crippen molar-refractivity contribution < 1.29 is 14.3 Å². The lowest BCUT2D eigenvalue weighted by Gasteiger charge is -2.36. The van der Waals surface area contributed by atoms with Crippen LogP contribution in [0.3, 0.4) is 0 Å². The monoisotopic (exact) mass is 390 g/mol. The van der Waals surface area contributed by atoms with Crippen molar-refractivity contribution in [1.82, 2.24) is 9.88 Å². The van der Waals surface area contributed by atoms with Gasteiger partial charge in [-0.3, -0.25) is 4.98 Å². The molecule has 2 amide bonds. The number of benzene rings is 2. The number of ether oxygens (including phenoxy) is 1. The molecule has 1 N–H and O–H groups in total. The van der Waals surface area contributed by atoms with Crippen LogP contribution in [0.5, 0.6) is 0 Å². The van der Waals surface area contributed by atoms with E-state index < -0.39 is 0 Å². The molecule has 0 atom stereocenters. The number of anilines is 2. The first-order valence-electron chi connectivity index (χ1n) is 9.49. The zero-order valence-corrected chi connectivity index (χ0v) is 16.2. The van der Waals surface area contributed by atoms with Crippen molar-refractivity contribution in [3.05, 3.63) is 66.4 Å². The van der Waals surface area contributed by atoms with E-state index in [1.165, 1.54) is 7.11 Å². The van der Waals surface area contributed by atoms with E-state index in [0.29, 0.717) is 37.4 Å². The maximum Gasteiger partial charge on any atom is 0.339 e. The van der Waals surface area contributed by atoms with Crippen molar-refractivity contribution in [2.24, 2.45) is 0 Å². The number of methoxy groups -OCH3 is 1. The minimum Gasteiger partial charge on any atom is -0.465 e. The molecule has 1 aliphatic heterocycles. The fourth-order valence-corrected chi connectivity index (χ4v) is 3.58. The van der Waals surface area contributed by atoms with E-state index in [4.69, 9.17) is 4.74 Å². The Bertz CT molecular complexity index is 1040. The minimum atomic E-state index is -0.357. The van der Waals surface area contributed by atoms with Gasteiger partial charge >= 0.3 is 12.0 Å². The second kappa shape index (κ2) is 8.18. The number of para-hydroxylation sites is 2. The Hall–Kier alpha value is -3.61. The van der Waals surface area contributed by atoms with Gasteiger partial charge in [0.2, 0.25) is 0 Å². The largest absolute Gasteiger partial charge is 0.465 e. The number of nitrogens with zero attached hydrogens (tertiary/aromatic N) is 3. The highest BCUT2D eigenvalue weighted by Crippen LogP contribution is 2.24. The summed E-state index contributed by atoms with van der Waals surface area (Å²) in [6.45, 7) is 2.38. The first-order valence-corrected chi connectivity index (χ1v) is 9.49. The maximum absolute atomic E-state index is 12.8. The molecule has 0 unspecified atom stereocenters. The Morgan fingerprint density at radius 3 is 2.52 bits per heavy atom. The highest BCUT2D eigenvalue weighted by atomic mass is 16.5. The van der Waals surface area contributed by atoms with Gasteiger partial charge in [0.25, 0.3) is 0 Å². The van der Waals surface area contributed by atoms with Crippen LogP contribution < -0.4 is 10.2 Å². The van der Waals surface area contributed by atoms with Crippen LogP contribution in [0.25, 0.3) is 10.9 Å². The van der Waals surface area contributed by atoms with Crippen LogP contribution >= 0.6 is 0 Å². The topological polar surface area (TPSA) is 74.8 Å². The van der Waals surface area contributed by atoms with Crippen molar-refractivity contribution in [2.75, 3.05) is 43.5 Å². The third-order valence-electron chi connectivity index (χ3n) is 5.09. The van der Waals surface area contributed by atoms with Crippen molar-refractivity contribution >= 4 is 34.3 Å². The SMILES string of the molecule is COC(=O)c1ccccc1N1CCN(C(=O)Nc2cccc3cccnc23)CC1. The standard InChI is InChI=1S/C22H22N4O3/c1-29-21(27)17-8-2-3-10-19(17)25-12-14-26(15-13-25)22(28)24-18-9-4-6-16-7-5-11-23-20(16)18/h2-11H,12-15H2,1H3,(H,24,28). The number of pyridine rings is 1. The predicted octanol–water partition coefficient (Wildman–Crippen LogP) is 3.38. The molecule has 1 fully saturated rings. The van der Waals surface area contributed by atoms with Gasteiger partial charge < -0.3 is 19.9 Å². The lowest BCUT2D eigenvalue weighted by Crippen LogP contribution is -2.50. The molecule has 2 heterocycles. The van der Waals surface area contributed by atoms with Crippen molar-refractivity contribution in [1.29, 1.82) is 0 Å². The summed E-state index contributed by atoms with van der Waals surface area (Å²) in [6, 6.07) is 16.8. The number of carbonyl (C=O) groups is 2. The third-order valence-corrected chi connectivity index (χ3v) is 5.09. The molecule has 29 heavy (non-hydrogen) atoms. The number of rotatable bonds is 3. The molecule has 2 aromatic carbocycles. The Labute approximate surface area is 168 Å². The average molecular weight is 390 g/mol. The van der Waals surface area contributed by atoms with E-state index in [-0.39, 0.29) is 12.0 Å². The van der Waals surface area contributed by atoms with E-state index in [1.54, 1.807) is 17.2 Å². The Balaban J connectivity index is 1.44. The Morgan fingerprint density at radius 2 is 1.72 bits per heavy atom. The number of esters is 1. The second-order valence-electron chi connectivity index (χ2n) is 6.79. The summed E-state index contributed by atoms with van der Waals surface area (Å²) >= 11 is 0. The van der Waals surface area contributed by atoms with Gasteiger partial charge in [0.05, 0.1) is 29.6 Å². The van der Waals surface area contributed by atoms with E-state index in [2.05, 4.69) is 15.2 Å². The average Bonchev–Trinajstić information content (AvgIpc) is 2.79. The summed E-state index contributed by atoms with van der Waals surface area (Å²) in [5, 5.41) is 3.96. The Kier molecular flexibility index (Phi) is 5.29. The summed E-state index contributed by atoms with van der Waals surface area (Å²) in [4.78, 5) is 33.1. The lowest BCUT2D eigenvalue weighted by atomic mass is 10.1. The molecule has 0 spiro atoms. The molecule has 0 radical (unpaired) electrons. The molecule has 1 saturated heterocycles. The number of hydrogen-bond donors (Lipinski definition) is 1. The second-order valence-corrected chi connectivity index (χ2v) is 6.79. The molecular weight excluding hydrogens is 368 g/mol. The molecule has 1 aliphatic rings. The molecule has 3 aromatic rings. The van der Waals surface area contributed by atoms with Crippen LogP contribution in [0.4, 0.5) is 16.2 Å². The van der Waals surface area contributed by atoms with E-state index in [1.807, 2.05) is 48.5 Å². The number of hydrogen-bond acceptors (Lipinski definition) is 5. The van der Waals surface area contributed by atoms with Crippen LogP contribution in [0.2, 0.25) is 0 Å². The summed E-state index contributed by atoms with van der Waals surface area (Å²) in [5.41, 5.74) is 2.84. The van der Waals surface area contributed by atoms with Gasteiger partial charge in [0, 0.05) is 37.8 Å². The molecule has 0 bridgehead atoms. The molecule has 0 saturated carbocycles. The van der Waals surface area contributed by atoms with Crippen LogP contribution in [-0.4, -0.2) is 55.2 Å². The quantitative estimate of drug-likeness (QED) is 0.694. The molecular formula is C22H22N4O3. The van der Waals surface area contributed by atoms with Gasteiger partial charge in [0.15, 0.2) is 0 Å². The van der Waals surface area contributed by atoms with Gasteiger partial charge in [-0.1, -0.05) is 30.3 Å². The summed E-state index contributed by atoms with van der Waals surface area (Å²) in [6.07, 6.45) is 1.72. The first kappa shape index (κ1) is 18.7. The summed E-state index contributed by atoms with van der Waals surface area (Å²) in [5.74, 6) is -0.357. The van der Waals surface area contributed by atoms with Gasteiger partial charge in [-0.25, -0.2) is 9.59 Å². The van der Waals surface area contributed by atoms with E-state index in [9.17, 15) is 9.59 Å². The highest BCUT2D eigenvalue weighted by molar-refractivity contribution is 5.99. The fraction of sp³-hybridized carbons (Fsp3) is 0.227. The van der Waals surface area contributed by atoms with Gasteiger partial charge in [-0.15, -0.1) is 0 Å². The van der Waals surface area contributed by atoms with Gasteiger partial charge in [0.1, 0.15) is 0 Å². The summed E-state index contributed by atoms with van der Waals surface area (Å²) < 4.78 is 4.88. The number of carbonyl (C=O) groups excluding carboxylic acids is 2. The van der Waals surface area contributed by atoms with Crippen molar-refractivity contribution in [2.45, 2.75) is 0 Å². The number of urea groups is 1. The zero-order valence-electron chi connectivity index (χ0n) is 16.2. The zero-order chi connectivity index (χ0) is 20.2. The number of nitrogens with one attached hydrogen (secondary N) is 1. The highest BCUT2D eigenvalue weighted by Gasteiger charge is 2.24. The summed E-state index contributed by atoms with van der Waals surface area (Å²) in [7, 11) is 1.38. The molecule has 148 valence electrons. The van der Waals surface area contributed by atoms with E-state index in [0.717, 1.165) is 16.6 Å². The number of amides is 2. The smallest absolute Gasteiger partial charge is 0.339 e. The third kappa shape index (κ3) is 3.85. The molecule has 0 aliphatic carbocycles. The number of aromatic nitrogens is 1. The number of piperazine rings is 1. The molecule has 7 nitrogen and oxygen atoms in total. The first-order chi connectivity index (χ1) is 14.2.